The maximum atomic E-state index is 12.9. The number of benzene rings is 1. The molecule has 0 aliphatic heterocycles. The molecule has 0 bridgehead atoms. The van der Waals surface area contributed by atoms with Gasteiger partial charge in [-0.05, 0) is 43.9 Å². The zero-order valence-corrected chi connectivity index (χ0v) is 13.6. The molecule has 0 radical (unpaired) electrons. The van der Waals surface area contributed by atoms with Crippen LogP contribution >= 0.6 is 0 Å². The highest BCUT2D eigenvalue weighted by Gasteiger charge is 2.39. The number of carbonyl (C=O) groups excluding carboxylic acids is 2. The largest absolute Gasteiger partial charge is 0.416 e. The fraction of sp³-hybridized carbons (Fsp3) is 0.500. The first kappa shape index (κ1) is 20.1. The second-order valence-electron chi connectivity index (χ2n) is 6.27. The number of primary amides is 1. The third-order valence-electron chi connectivity index (χ3n) is 4.13. The van der Waals surface area contributed by atoms with Gasteiger partial charge in [-0.3, -0.25) is 9.59 Å². The molecule has 1 aromatic rings. The number of nitrogens with zero attached hydrogens (tertiary/aromatic N) is 1. The van der Waals surface area contributed by atoms with E-state index in [-0.39, 0.29) is 18.5 Å². The van der Waals surface area contributed by atoms with E-state index in [2.05, 4.69) is 0 Å². The number of rotatable bonds is 5. The van der Waals surface area contributed by atoms with Crippen LogP contribution in [-0.2, 0) is 17.1 Å². The first-order chi connectivity index (χ1) is 11.8. The molecule has 0 heterocycles. The van der Waals surface area contributed by atoms with Crippen molar-refractivity contribution in [2.24, 2.45) is 11.7 Å². The number of amides is 2. The SMILES string of the molecule is C[C@@H](C(N)=O)N(CC1CC1)C(=O)c1cc(C(F)(F)F)cc(C(F)(F)F)c1. The third-order valence-corrected chi connectivity index (χ3v) is 4.13. The fourth-order valence-corrected chi connectivity index (χ4v) is 2.39. The van der Waals surface area contributed by atoms with Gasteiger partial charge in [-0.15, -0.1) is 0 Å². The van der Waals surface area contributed by atoms with Gasteiger partial charge in [0.2, 0.25) is 5.91 Å². The minimum atomic E-state index is -5.06. The van der Waals surface area contributed by atoms with Crippen molar-refractivity contribution in [1.29, 1.82) is 0 Å². The standard InChI is InChI=1S/C16H16F6N2O2/c1-8(13(23)25)24(7-9-2-3-9)14(26)10-4-11(15(17,18)19)6-12(5-10)16(20,21)22/h4-6,8-9H,2-3,7H2,1H3,(H2,23,25)/t8-/m0/s1. The molecule has 1 aliphatic carbocycles. The highest BCUT2D eigenvalue weighted by atomic mass is 19.4. The van der Waals surface area contributed by atoms with Crippen LogP contribution in [0.3, 0.4) is 0 Å². The molecule has 1 aliphatic rings. The number of hydrogen-bond donors (Lipinski definition) is 1. The lowest BCUT2D eigenvalue weighted by atomic mass is 10.0. The van der Waals surface area contributed by atoms with E-state index in [9.17, 15) is 35.9 Å². The van der Waals surface area contributed by atoms with Crippen LogP contribution in [0.1, 0.15) is 41.3 Å². The molecule has 0 spiro atoms. The second-order valence-corrected chi connectivity index (χ2v) is 6.27. The third kappa shape index (κ3) is 4.67. The molecule has 0 unspecified atom stereocenters. The van der Waals surface area contributed by atoms with Crippen molar-refractivity contribution in [2.75, 3.05) is 6.54 Å². The molecule has 0 saturated heterocycles. The summed E-state index contributed by atoms with van der Waals surface area (Å²) in [6, 6.07) is -0.512. The van der Waals surface area contributed by atoms with Gasteiger partial charge in [0.15, 0.2) is 0 Å². The molecule has 1 atom stereocenters. The molecular formula is C16H16F6N2O2. The highest BCUT2D eigenvalue weighted by Crippen LogP contribution is 2.37. The van der Waals surface area contributed by atoms with Crippen LogP contribution in [-0.4, -0.2) is 29.3 Å². The topological polar surface area (TPSA) is 63.4 Å². The predicted octanol–water partition coefficient (Wildman–Crippen LogP) is 3.45. The van der Waals surface area contributed by atoms with Crippen LogP contribution in [0.25, 0.3) is 0 Å². The van der Waals surface area contributed by atoms with Gasteiger partial charge in [0.05, 0.1) is 11.1 Å². The zero-order valence-electron chi connectivity index (χ0n) is 13.6. The zero-order chi connectivity index (χ0) is 19.9. The van der Waals surface area contributed by atoms with E-state index in [1.807, 2.05) is 0 Å². The summed E-state index contributed by atoms with van der Waals surface area (Å²) >= 11 is 0. The maximum Gasteiger partial charge on any atom is 0.416 e. The van der Waals surface area contributed by atoms with E-state index in [1.165, 1.54) is 6.92 Å². The Balaban J connectivity index is 2.49. The van der Waals surface area contributed by atoms with Crippen LogP contribution in [0.15, 0.2) is 18.2 Å². The Hall–Kier alpha value is -2.26. The first-order valence-corrected chi connectivity index (χ1v) is 7.70. The van der Waals surface area contributed by atoms with E-state index in [0.717, 1.165) is 17.7 Å². The Morgan fingerprint density at radius 1 is 1.08 bits per heavy atom. The summed E-state index contributed by atoms with van der Waals surface area (Å²) in [5.41, 5.74) is 1.19. The normalized spacial score (nSPS) is 16.3. The summed E-state index contributed by atoms with van der Waals surface area (Å²) in [6.07, 6.45) is -8.61. The van der Waals surface area contributed by atoms with Crippen molar-refractivity contribution >= 4 is 11.8 Å². The van der Waals surface area contributed by atoms with Gasteiger partial charge in [-0.2, -0.15) is 26.3 Å². The van der Waals surface area contributed by atoms with E-state index < -0.39 is 46.9 Å². The minimum Gasteiger partial charge on any atom is -0.368 e. The van der Waals surface area contributed by atoms with Gasteiger partial charge >= 0.3 is 12.4 Å². The fourth-order valence-electron chi connectivity index (χ4n) is 2.39. The van der Waals surface area contributed by atoms with Crippen LogP contribution in [0.2, 0.25) is 0 Å². The van der Waals surface area contributed by atoms with Crippen LogP contribution in [0.5, 0.6) is 0 Å². The Morgan fingerprint density at radius 2 is 1.54 bits per heavy atom. The van der Waals surface area contributed by atoms with Gasteiger partial charge in [0.25, 0.3) is 5.91 Å². The smallest absolute Gasteiger partial charge is 0.368 e. The van der Waals surface area contributed by atoms with Crippen molar-refractivity contribution in [1.82, 2.24) is 4.90 Å². The van der Waals surface area contributed by atoms with Crippen LogP contribution in [0.4, 0.5) is 26.3 Å². The molecule has 26 heavy (non-hydrogen) atoms. The lowest BCUT2D eigenvalue weighted by molar-refractivity contribution is -0.143. The second kappa shape index (κ2) is 6.81. The van der Waals surface area contributed by atoms with Crippen LogP contribution in [0, 0.1) is 5.92 Å². The van der Waals surface area contributed by atoms with Gasteiger partial charge < -0.3 is 10.6 Å². The summed E-state index contributed by atoms with van der Waals surface area (Å²) in [4.78, 5) is 24.9. The van der Waals surface area contributed by atoms with Crippen LogP contribution < -0.4 is 5.73 Å². The van der Waals surface area contributed by atoms with Crippen molar-refractivity contribution in [3.8, 4) is 0 Å². The first-order valence-electron chi connectivity index (χ1n) is 7.70. The van der Waals surface area contributed by atoms with E-state index in [4.69, 9.17) is 5.73 Å². The van der Waals surface area contributed by atoms with Gasteiger partial charge in [-0.25, -0.2) is 0 Å². The predicted molar refractivity (Wildman–Crippen MR) is 78.9 cm³/mol. The molecule has 4 nitrogen and oxygen atoms in total. The maximum absolute atomic E-state index is 12.9. The lowest BCUT2D eigenvalue weighted by Crippen LogP contribution is -2.47. The minimum absolute atomic E-state index is 0.0422. The van der Waals surface area contributed by atoms with Gasteiger partial charge in [0.1, 0.15) is 6.04 Å². The molecule has 1 saturated carbocycles. The Bertz CT molecular complexity index is 677. The molecule has 10 heteroatoms. The van der Waals surface area contributed by atoms with Crippen molar-refractivity contribution < 1.29 is 35.9 Å². The molecule has 1 fully saturated rings. The summed E-state index contributed by atoms with van der Waals surface area (Å²) in [5.74, 6) is -1.95. The molecule has 144 valence electrons. The number of alkyl halides is 6. The van der Waals surface area contributed by atoms with E-state index in [1.54, 1.807) is 0 Å². The quantitative estimate of drug-likeness (QED) is 0.793. The average molecular weight is 382 g/mol. The summed E-state index contributed by atoms with van der Waals surface area (Å²) in [6.45, 7) is 1.32. The van der Waals surface area contributed by atoms with Crippen molar-refractivity contribution in [3.05, 3.63) is 34.9 Å². The lowest BCUT2D eigenvalue weighted by Gasteiger charge is -2.28. The number of halogens is 6. The summed E-state index contributed by atoms with van der Waals surface area (Å²) in [7, 11) is 0. The molecule has 2 rings (SSSR count). The van der Waals surface area contributed by atoms with Crippen molar-refractivity contribution in [3.63, 3.8) is 0 Å². The number of hydrogen-bond acceptors (Lipinski definition) is 2. The van der Waals surface area contributed by atoms with E-state index in [0.29, 0.717) is 12.1 Å². The average Bonchev–Trinajstić information content (AvgIpc) is 3.33. The highest BCUT2D eigenvalue weighted by molar-refractivity contribution is 5.97. The Labute approximate surface area is 144 Å². The Kier molecular flexibility index (Phi) is 5.25. The molecule has 1 aromatic carbocycles. The van der Waals surface area contributed by atoms with E-state index >= 15 is 0 Å². The van der Waals surface area contributed by atoms with Crippen molar-refractivity contribution in [2.45, 2.75) is 38.2 Å². The van der Waals surface area contributed by atoms with Gasteiger partial charge in [0, 0.05) is 12.1 Å². The molecule has 0 aromatic heterocycles. The Morgan fingerprint density at radius 3 is 1.88 bits per heavy atom. The summed E-state index contributed by atoms with van der Waals surface area (Å²) < 4.78 is 77.6. The molecular weight excluding hydrogens is 366 g/mol. The molecule has 2 amide bonds. The number of carbonyl (C=O) groups is 2. The monoisotopic (exact) mass is 382 g/mol. The number of nitrogens with two attached hydrogens (primary N) is 1. The van der Waals surface area contributed by atoms with Gasteiger partial charge in [-0.1, -0.05) is 0 Å². The molecule has 2 N–H and O–H groups in total. The summed E-state index contributed by atoms with van der Waals surface area (Å²) in [5, 5.41) is 0.